The molecule has 1 fully saturated rings. The second kappa shape index (κ2) is 7.97. The Morgan fingerprint density at radius 1 is 1.22 bits per heavy atom. The summed E-state index contributed by atoms with van der Waals surface area (Å²) in [4.78, 5) is 18.7. The summed E-state index contributed by atoms with van der Waals surface area (Å²) in [5.74, 6) is 0.194. The monoisotopic (exact) mass is 313 g/mol. The number of hydrogen-bond acceptors (Lipinski definition) is 3. The van der Waals surface area contributed by atoms with Gasteiger partial charge in [-0.25, -0.2) is 0 Å². The van der Waals surface area contributed by atoms with Crippen molar-refractivity contribution in [3.63, 3.8) is 0 Å². The van der Waals surface area contributed by atoms with E-state index in [-0.39, 0.29) is 11.9 Å². The SMILES string of the molecule is C=CC(=C)N1CCN(C(=O)CN(C)[C@@H](C)c2ccccc2)CC1. The van der Waals surface area contributed by atoms with Crippen LogP contribution in [-0.4, -0.2) is 60.4 Å². The maximum absolute atomic E-state index is 12.5. The lowest BCUT2D eigenvalue weighted by molar-refractivity contribution is -0.134. The normalized spacial score (nSPS) is 16.3. The summed E-state index contributed by atoms with van der Waals surface area (Å²) in [6, 6.07) is 10.5. The highest BCUT2D eigenvalue weighted by Crippen LogP contribution is 2.18. The molecule has 0 unspecified atom stereocenters. The summed E-state index contributed by atoms with van der Waals surface area (Å²) in [7, 11) is 2.01. The van der Waals surface area contributed by atoms with Crippen molar-refractivity contribution in [2.45, 2.75) is 13.0 Å². The number of carbonyl (C=O) groups is 1. The van der Waals surface area contributed by atoms with Crippen LogP contribution < -0.4 is 0 Å². The molecule has 0 radical (unpaired) electrons. The predicted octanol–water partition coefficient (Wildman–Crippen LogP) is 2.52. The Morgan fingerprint density at radius 3 is 2.35 bits per heavy atom. The van der Waals surface area contributed by atoms with E-state index >= 15 is 0 Å². The van der Waals surface area contributed by atoms with Gasteiger partial charge in [-0.1, -0.05) is 43.5 Å². The van der Waals surface area contributed by atoms with Gasteiger partial charge in [0.25, 0.3) is 0 Å². The number of likely N-dealkylation sites (N-methyl/N-ethyl adjacent to an activating group) is 1. The van der Waals surface area contributed by atoms with Crippen molar-refractivity contribution in [2.24, 2.45) is 0 Å². The summed E-state index contributed by atoms with van der Waals surface area (Å²) in [6.45, 7) is 13.4. The van der Waals surface area contributed by atoms with E-state index in [9.17, 15) is 4.79 Å². The molecule has 1 saturated heterocycles. The first-order valence-corrected chi connectivity index (χ1v) is 8.12. The molecule has 1 aliphatic heterocycles. The van der Waals surface area contributed by atoms with Crippen LogP contribution in [0.25, 0.3) is 0 Å². The summed E-state index contributed by atoms with van der Waals surface area (Å²) in [6.07, 6.45) is 1.77. The number of benzene rings is 1. The number of amides is 1. The van der Waals surface area contributed by atoms with Crippen LogP contribution >= 0.6 is 0 Å². The van der Waals surface area contributed by atoms with Crippen LogP contribution in [-0.2, 0) is 4.79 Å². The lowest BCUT2D eigenvalue weighted by Crippen LogP contribution is -2.50. The van der Waals surface area contributed by atoms with E-state index in [1.165, 1.54) is 5.56 Å². The van der Waals surface area contributed by atoms with Gasteiger partial charge in [0.2, 0.25) is 5.91 Å². The third kappa shape index (κ3) is 4.45. The minimum atomic E-state index is 0.194. The van der Waals surface area contributed by atoms with Crippen molar-refractivity contribution in [3.05, 3.63) is 60.8 Å². The highest BCUT2D eigenvalue weighted by Gasteiger charge is 2.23. The third-order valence-electron chi connectivity index (χ3n) is 4.60. The molecular formula is C19H27N3O. The Bertz CT molecular complexity index is 547. The van der Waals surface area contributed by atoms with Gasteiger partial charge in [0.05, 0.1) is 6.54 Å². The fraction of sp³-hybridized carbons (Fsp3) is 0.421. The number of hydrogen-bond donors (Lipinski definition) is 0. The summed E-state index contributed by atoms with van der Waals surface area (Å²) >= 11 is 0. The van der Waals surface area contributed by atoms with E-state index in [0.29, 0.717) is 6.54 Å². The van der Waals surface area contributed by atoms with Crippen molar-refractivity contribution in [3.8, 4) is 0 Å². The molecule has 4 nitrogen and oxygen atoms in total. The van der Waals surface area contributed by atoms with Gasteiger partial charge in [0.1, 0.15) is 0 Å². The highest BCUT2D eigenvalue weighted by atomic mass is 16.2. The summed E-state index contributed by atoms with van der Waals surface area (Å²) in [5.41, 5.74) is 2.17. The Balaban J connectivity index is 1.85. The number of rotatable bonds is 6. The van der Waals surface area contributed by atoms with E-state index in [4.69, 9.17) is 0 Å². The first-order valence-electron chi connectivity index (χ1n) is 8.12. The van der Waals surface area contributed by atoms with Crippen molar-refractivity contribution in [1.82, 2.24) is 14.7 Å². The van der Waals surface area contributed by atoms with Crippen LogP contribution in [0.1, 0.15) is 18.5 Å². The fourth-order valence-electron chi connectivity index (χ4n) is 2.81. The van der Waals surface area contributed by atoms with E-state index < -0.39 is 0 Å². The van der Waals surface area contributed by atoms with E-state index in [1.54, 1.807) is 6.08 Å². The first kappa shape index (κ1) is 17.3. The Hall–Kier alpha value is -2.07. The third-order valence-corrected chi connectivity index (χ3v) is 4.60. The average molecular weight is 313 g/mol. The highest BCUT2D eigenvalue weighted by molar-refractivity contribution is 5.78. The smallest absolute Gasteiger partial charge is 0.236 e. The van der Waals surface area contributed by atoms with Crippen LogP contribution in [0, 0.1) is 0 Å². The van der Waals surface area contributed by atoms with E-state index in [0.717, 1.165) is 31.9 Å². The average Bonchev–Trinajstić information content (AvgIpc) is 2.61. The lowest BCUT2D eigenvalue weighted by Gasteiger charge is -2.37. The molecule has 1 atom stereocenters. The second-order valence-corrected chi connectivity index (χ2v) is 6.07. The van der Waals surface area contributed by atoms with Gasteiger partial charge in [-0.2, -0.15) is 0 Å². The predicted molar refractivity (Wildman–Crippen MR) is 95.0 cm³/mol. The summed E-state index contributed by atoms with van der Waals surface area (Å²) < 4.78 is 0. The van der Waals surface area contributed by atoms with Gasteiger partial charge >= 0.3 is 0 Å². The van der Waals surface area contributed by atoms with Crippen LogP contribution in [0.4, 0.5) is 0 Å². The van der Waals surface area contributed by atoms with Gasteiger partial charge < -0.3 is 9.80 Å². The molecular weight excluding hydrogens is 286 g/mol. The minimum absolute atomic E-state index is 0.194. The molecule has 0 aliphatic carbocycles. The van der Waals surface area contributed by atoms with Crippen molar-refractivity contribution >= 4 is 5.91 Å². The molecule has 0 saturated carbocycles. The maximum Gasteiger partial charge on any atom is 0.236 e. The molecule has 124 valence electrons. The second-order valence-electron chi connectivity index (χ2n) is 6.07. The molecule has 0 aromatic heterocycles. The number of allylic oxidation sites excluding steroid dienone is 1. The molecule has 1 aromatic rings. The molecule has 1 aromatic carbocycles. The standard InChI is InChI=1S/C19H27N3O/c1-5-16(2)21-11-13-22(14-12-21)19(23)15-20(4)17(3)18-9-7-6-8-10-18/h5-10,17H,1-2,11-15H2,3-4H3/t17-/m0/s1. The van der Waals surface area contributed by atoms with E-state index in [2.05, 4.69) is 42.0 Å². The summed E-state index contributed by atoms with van der Waals surface area (Å²) in [5, 5.41) is 0. The Morgan fingerprint density at radius 2 is 1.78 bits per heavy atom. The van der Waals surface area contributed by atoms with Crippen LogP contribution in [0.5, 0.6) is 0 Å². The van der Waals surface area contributed by atoms with Gasteiger partial charge in [-0.05, 0) is 25.6 Å². The zero-order chi connectivity index (χ0) is 16.8. The quantitative estimate of drug-likeness (QED) is 0.755. The van der Waals surface area contributed by atoms with Gasteiger partial charge in [-0.15, -0.1) is 0 Å². The van der Waals surface area contributed by atoms with Crippen LogP contribution in [0.3, 0.4) is 0 Å². The van der Waals surface area contributed by atoms with Crippen molar-refractivity contribution in [2.75, 3.05) is 39.8 Å². The lowest BCUT2D eigenvalue weighted by atomic mass is 10.1. The molecule has 1 amide bonds. The fourth-order valence-corrected chi connectivity index (χ4v) is 2.81. The van der Waals surface area contributed by atoms with Crippen molar-refractivity contribution in [1.29, 1.82) is 0 Å². The zero-order valence-corrected chi connectivity index (χ0v) is 14.2. The number of piperazine rings is 1. The zero-order valence-electron chi connectivity index (χ0n) is 14.2. The van der Waals surface area contributed by atoms with Gasteiger partial charge in [0.15, 0.2) is 0 Å². The molecule has 1 heterocycles. The van der Waals surface area contributed by atoms with Gasteiger partial charge in [0, 0.05) is 37.9 Å². The molecule has 0 N–H and O–H groups in total. The molecule has 0 spiro atoms. The minimum Gasteiger partial charge on any atom is -0.368 e. The first-order chi connectivity index (χ1) is 11.0. The molecule has 23 heavy (non-hydrogen) atoms. The molecule has 0 bridgehead atoms. The van der Waals surface area contributed by atoms with Gasteiger partial charge in [-0.3, -0.25) is 9.69 Å². The number of nitrogens with zero attached hydrogens (tertiary/aromatic N) is 3. The number of carbonyl (C=O) groups excluding carboxylic acids is 1. The molecule has 4 heteroatoms. The molecule has 2 rings (SSSR count). The maximum atomic E-state index is 12.5. The Kier molecular flexibility index (Phi) is 5.99. The van der Waals surface area contributed by atoms with E-state index in [1.807, 2.05) is 30.1 Å². The van der Waals surface area contributed by atoms with Crippen molar-refractivity contribution < 1.29 is 4.79 Å². The Labute approximate surface area is 139 Å². The molecule has 1 aliphatic rings. The van der Waals surface area contributed by atoms with Crippen LogP contribution in [0.2, 0.25) is 0 Å². The largest absolute Gasteiger partial charge is 0.368 e. The topological polar surface area (TPSA) is 26.8 Å². The van der Waals surface area contributed by atoms with Crippen LogP contribution in [0.15, 0.2) is 55.3 Å².